The summed E-state index contributed by atoms with van der Waals surface area (Å²) in [4.78, 5) is 0. The molecule has 3 N–H and O–H groups in total. The van der Waals surface area contributed by atoms with Gasteiger partial charge in [-0.2, -0.15) is 0 Å². The summed E-state index contributed by atoms with van der Waals surface area (Å²) in [5.74, 6) is 6.11. The van der Waals surface area contributed by atoms with Crippen molar-refractivity contribution in [2.45, 2.75) is 52.5 Å². The van der Waals surface area contributed by atoms with Crippen LogP contribution in [0.25, 0.3) is 0 Å². The van der Waals surface area contributed by atoms with E-state index in [4.69, 9.17) is 5.84 Å². The Morgan fingerprint density at radius 1 is 1.12 bits per heavy atom. The van der Waals surface area contributed by atoms with Crippen LogP contribution < -0.4 is 11.3 Å². The largest absolute Gasteiger partial charge is 0.271 e. The monoisotopic (exact) mass is 234 g/mol. The molecule has 1 atom stereocenters. The zero-order valence-electron chi connectivity index (χ0n) is 11.7. The second-order valence-corrected chi connectivity index (χ2v) is 6.17. The SMILES string of the molecule is CC(C)C(Cc1ccc(C(C)(C)C)cc1)NN. The van der Waals surface area contributed by atoms with Crippen LogP contribution in [0.1, 0.15) is 45.7 Å². The van der Waals surface area contributed by atoms with E-state index in [1.807, 2.05) is 0 Å². The maximum Gasteiger partial charge on any atom is 0.0273 e. The molecular weight excluding hydrogens is 208 g/mol. The van der Waals surface area contributed by atoms with Gasteiger partial charge in [0, 0.05) is 6.04 Å². The lowest BCUT2D eigenvalue weighted by Gasteiger charge is -2.22. The van der Waals surface area contributed by atoms with Crippen molar-refractivity contribution in [3.8, 4) is 0 Å². The molecule has 0 amide bonds. The van der Waals surface area contributed by atoms with Crippen molar-refractivity contribution < 1.29 is 0 Å². The van der Waals surface area contributed by atoms with E-state index in [0.717, 1.165) is 6.42 Å². The zero-order valence-corrected chi connectivity index (χ0v) is 11.7. The Kier molecular flexibility index (Phi) is 4.72. The van der Waals surface area contributed by atoms with Gasteiger partial charge in [0.05, 0.1) is 0 Å². The summed E-state index contributed by atoms with van der Waals surface area (Å²) in [6, 6.07) is 9.23. The minimum absolute atomic E-state index is 0.224. The van der Waals surface area contributed by atoms with Gasteiger partial charge in [-0.3, -0.25) is 11.3 Å². The van der Waals surface area contributed by atoms with Crippen LogP contribution in [-0.2, 0) is 11.8 Å². The van der Waals surface area contributed by atoms with Crippen molar-refractivity contribution in [2.75, 3.05) is 0 Å². The first-order chi connectivity index (χ1) is 7.84. The zero-order chi connectivity index (χ0) is 13.1. The highest BCUT2D eigenvalue weighted by atomic mass is 15.2. The van der Waals surface area contributed by atoms with Gasteiger partial charge >= 0.3 is 0 Å². The van der Waals surface area contributed by atoms with Gasteiger partial charge in [0.25, 0.3) is 0 Å². The molecular formula is C15H26N2. The van der Waals surface area contributed by atoms with Crippen LogP contribution in [0.2, 0.25) is 0 Å². The first kappa shape index (κ1) is 14.2. The highest BCUT2D eigenvalue weighted by Gasteiger charge is 2.15. The smallest absolute Gasteiger partial charge is 0.0273 e. The van der Waals surface area contributed by atoms with E-state index in [1.165, 1.54) is 11.1 Å². The fourth-order valence-electron chi connectivity index (χ4n) is 1.88. The van der Waals surface area contributed by atoms with Gasteiger partial charge in [-0.1, -0.05) is 58.9 Å². The normalized spacial score (nSPS) is 14.1. The molecule has 2 nitrogen and oxygen atoms in total. The van der Waals surface area contributed by atoms with Crippen molar-refractivity contribution in [1.82, 2.24) is 5.43 Å². The number of rotatable bonds is 4. The highest BCUT2D eigenvalue weighted by molar-refractivity contribution is 5.28. The molecule has 1 unspecified atom stereocenters. The van der Waals surface area contributed by atoms with Crippen LogP contribution >= 0.6 is 0 Å². The highest BCUT2D eigenvalue weighted by Crippen LogP contribution is 2.22. The Morgan fingerprint density at radius 3 is 2.00 bits per heavy atom. The van der Waals surface area contributed by atoms with E-state index in [-0.39, 0.29) is 5.41 Å². The Morgan fingerprint density at radius 2 is 1.65 bits per heavy atom. The second-order valence-electron chi connectivity index (χ2n) is 6.17. The van der Waals surface area contributed by atoms with Crippen LogP contribution in [0.3, 0.4) is 0 Å². The number of hydrogen-bond donors (Lipinski definition) is 2. The molecule has 0 saturated carbocycles. The lowest BCUT2D eigenvalue weighted by molar-refractivity contribution is 0.404. The van der Waals surface area contributed by atoms with E-state index >= 15 is 0 Å². The van der Waals surface area contributed by atoms with Gasteiger partial charge in [0.15, 0.2) is 0 Å². The standard InChI is InChI=1S/C15H26N2/c1-11(2)14(17-16)10-12-6-8-13(9-7-12)15(3,4)5/h6-9,11,14,17H,10,16H2,1-5H3. The second kappa shape index (κ2) is 5.65. The third kappa shape index (κ3) is 4.14. The fraction of sp³-hybridized carbons (Fsp3) is 0.600. The summed E-state index contributed by atoms with van der Waals surface area (Å²) in [5, 5.41) is 0. The summed E-state index contributed by atoms with van der Waals surface area (Å²) < 4.78 is 0. The molecule has 0 bridgehead atoms. The third-order valence-electron chi connectivity index (χ3n) is 3.29. The van der Waals surface area contributed by atoms with E-state index < -0.39 is 0 Å². The maximum absolute atomic E-state index is 5.57. The van der Waals surface area contributed by atoms with E-state index in [9.17, 15) is 0 Å². The Bertz CT molecular complexity index is 333. The molecule has 2 heteroatoms. The van der Waals surface area contributed by atoms with Crippen molar-refractivity contribution in [1.29, 1.82) is 0 Å². The summed E-state index contributed by atoms with van der Waals surface area (Å²) in [6.07, 6.45) is 0.985. The molecule has 0 fully saturated rings. The fourth-order valence-corrected chi connectivity index (χ4v) is 1.88. The molecule has 0 aliphatic carbocycles. The third-order valence-corrected chi connectivity index (χ3v) is 3.29. The van der Waals surface area contributed by atoms with Crippen LogP contribution in [0.5, 0.6) is 0 Å². The molecule has 0 heterocycles. The molecule has 0 aliphatic heterocycles. The molecule has 0 spiro atoms. The van der Waals surface area contributed by atoms with Crippen molar-refractivity contribution in [3.05, 3.63) is 35.4 Å². The summed E-state index contributed by atoms with van der Waals surface area (Å²) in [5.41, 5.74) is 5.84. The average molecular weight is 234 g/mol. The lowest BCUT2D eigenvalue weighted by Crippen LogP contribution is -2.40. The summed E-state index contributed by atoms with van der Waals surface area (Å²) >= 11 is 0. The first-order valence-corrected chi connectivity index (χ1v) is 6.40. The van der Waals surface area contributed by atoms with Gasteiger partial charge < -0.3 is 0 Å². The Hall–Kier alpha value is -0.860. The predicted octanol–water partition coefficient (Wildman–Crippen LogP) is 3.01. The molecule has 1 aromatic carbocycles. The van der Waals surface area contributed by atoms with Crippen molar-refractivity contribution >= 4 is 0 Å². The summed E-state index contributed by atoms with van der Waals surface area (Å²) in [6.45, 7) is 11.1. The molecule has 0 aromatic heterocycles. The lowest BCUT2D eigenvalue weighted by atomic mass is 9.86. The number of benzene rings is 1. The number of hydrogen-bond acceptors (Lipinski definition) is 2. The molecule has 1 aromatic rings. The van der Waals surface area contributed by atoms with Crippen molar-refractivity contribution in [2.24, 2.45) is 11.8 Å². The van der Waals surface area contributed by atoms with E-state index in [1.54, 1.807) is 0 Å². The minimum Gasteiger partial charge on any atom is -0.271 e. The van der Waals surface area contributed by atoms with Gasteiger partial charge in [-0.15, -0.1) is 0 Å². The Labute approximate surface area is 106 Å². The molecule has 17 heavy (non-hydrogen) atoms. The first-order valence-electron chi connectivity index (χ1n) is 6.40. The number of hydrazine groups is 1. The topological polar surface area (TPSA) is 38.0 Å². The molecule has 1 rings (SSSR count). The average Bonchev–Trinajstić information content (AvgIpc) is 2.25. The van der Waals surface area contributed by atoms with Crippen LogP contribution in [-0.4, -0.2) is 6.04 Å². The molecule has 0 aliphatic rings. The minimum atomic E-state index is 0.224. The van der Waals surface area contributed by atoms with Crippen LogP contribution in [0.15, 0.2) is 24.3 Å². The maximum atomic E-state index is 5.57. The van der Waals surface area contributed by atoms with Gasteiger partial charge in [0.2, 0.25) is 0 Å². The van der Waals surface area contributed by atoms with Gasteiger partial charge in [-0.25, -0.2) is 0 Å². The number of nitrogens with two attached hydrogens (primary N) is 1. The van der Waals surface area contributed by atoms with Crippen molar-refractivity contribution in [3.63, 3.8) is 0 Å². The number of nitrogens with one attached hydrogen (secondary N) is 1. The van der Waals surface area contributed by atoms with Crippen LogP contribution in [0.4, 0.5) is 0 Å². The Balaban J connectivity index is 2.75. The molecule has 96 valence electrons. The van der Waals surface area contributed by atoms with Gasteiger partial charge in [-0.05, 0) is 28.9 Å². The van der Waals surface area contributed by atoms with Crippen LogP contribution in [0, 0.1) is 5.92 Å². The van der Waals surface area contributed by atoms with E-state index in [2.05, 4.69) is 64.3 Å². The van der Waals surface area contributed by atoms with E-state index in [0.29, 0.717) is 12.0 Å². The molecule has 0 radical (unpaired) electrons. The quantitative estimate of drug-likeness (QED) is 0.621. The summed E-state index contributed by atoms with van der Waals surface area (Å²) in [7, 11) is 0. The predicted molar refractivity (Wildman–Crippen MR) is 74.8 cm³/mol. The molecule has 0 saturated heterocycles. The van der Waals surface area contributed by atoms with Gasteiger partial charge in [0.1, 0.15) is 0 Å².